The van der Waals surface area contributed by atoms with E-state index in [1.807, 2.05) is 36.5 Å². The van der Waals surface area contributed by atoms with Crippen LogP contribution in [-0.2, 0) is 4.79 Å². The highest BCUT2D eigenvalue weighted by molar-refractivity contribution is 6.21. The van der Waals surface area contributed by atoms with Crippen LogP contribution in [0, 0.1) is 0 Å². The second-order valence-electron chi connectivity index (χ2n) is 6.27. The number of aliphatic imine (C=N–C) groups is 1. The van der Waals surface area contributed by atoms with E-state index in [1.165, 1.54) is 11.1 Å². The molecule has 120 valence electrons. The number of carbonyl (C=O) groups excluding carboxylic acids is 2. The molecule has 0 aromatic heterocycles. The first-order valence-electron chi connectivity index (χ1n) is 8.11. The lowest BCUT2D eigenvalue weighted by Crippen LogP contribution is -2.24. The third-order valence-electron chi connectivity index (χ3n) is 4.85. The summed E-state index contributed by atoms with van der Waals surface area (Å²) >= 11 is 0. The van der Waals surface area contributed by atoms with Crippen LogP contribution in [0.3, 0.4) is 0 Å². The van der Waals surface area contributed by atoms with E-state index in [4.69, 9.17) is 5.73 Å². The van der Waals surface area contributed by atoms with Crippen molar-refractivity contribution >= 4 is 23.1 Å². The lowest BCUT2D eigenvalue weighted by molar-refractivity contribution is -0.454. The minimum atomic E-state index is -0.363. The molecule has 24 heavy (non-hydrogen) atoms. The maximum absolute atomic E-state index is 12.5. The number of rotatable bonds is 4. The van der Waals surface area contributed by atoms with Crippen molar-refractivity contribution in [2.75, 3.05) is 13.1 Å². The average molecular weight is 320 g/mol. The Hall–Kier alpha value is -2.82. The summed E-state index contributed by atoms with van der Waals surface area (Å²) in [5, 5.41) is 0. The number of nitrogens with zero attached hydrogens (tertiary/aromatic N) is 2. The third-order valence-corrected chi connectivity index (χ3v) is 4.85. The zero-order chi connectivity index (χ0) is 16.7. The topological polar surface area (TPSA) is 75.5 Å². The van der Waals surface area contributed by atoms with Crippen LogP contribution < -0.4 is 5.73 Å². The van der Waals surface area contributed by atoms with Crippen LogP contribution in [-0.4, -0.2) is 40.8 Å². The van der Waals surface area contributed by atoms with Gasteiger partial charge in [-0.25, -0.2) is 4.58 Å². The number of ketones is 1. The van der Waals surface area contributed by atoms with E-state index in [0.29, 0.717) is 25.0 Å². The van der Waals surface area contributed by atoms with Crippen LogP contribution in [0.5, 0.6) is 0 Å². The number of nitrogens with two attached hydrogens (primary N) is 1. The van der Waals surface area contributed by atoms with E-state index >= 15 is 0 Å². The number of hydrogen-bond donors (Lipinski definition) is 1. The first-order valence-corrected chi connectivity index (χ1v) is 8.11. The van der Waals surface area contributed by atoms with Crippen molar-refractivity contribution in [3.8, 4) is 0 Å². The normalized spacial score (nSPS) is 19.0. The summed E-state index contributed by atoms with van der Waals surface area (Å²) < 4.78 is 2.11. The number of Topliss-reactive ketones (excluding diaryl/α,β-unsaturated/α-hetero) is 1. The summed E-state index contributed by atoms with van der Waals surface area (Å²) in [5.74, 6) is -0.268. The van der Waals surface area contributed by atoms with Gasteiger partial charge in [0, 0.05) is 23.3 Å². The Bertz CT molecular complexity index is 873. The molecule has 1 aromatic carbocycles. The van der Waals surface area contributed by atoms with E-state index in [9.17, 15) is 9.59 Å². The van der Waals surface area contributed by atoms with E-state index in [1.54, 1.807) is 0 Å². The van der Waals surface area contributed by atoms with Crippen LogP contribution in [0.25, 0.3) is 0 Å². The van der Waals surface area contributed by atoms with E-state index in [0.717, 1.165) is 30.0 Å². The Morgan fingerprint density at radius 2 is 1.96 bits per heavy atom. The molecule has 0 radical (unpaired) electrons. The second kappa shape index (κ2) is 5.67. The van der Waals surface area contributed by atoms with Crippen molar-refractivity contribution in [1.82, 2.24) is 0 Å². The molecule has 1 aromatic rings. The molecule has 4 rings (SSSR count). The Morgan fingerprint density at radius 3 is 2.71 bits per heavy atom. The van der Waals surface area contributed by atoms with Gasteiger partial charge in [0.2, 0.25) is 0 Å². The molecule has 0 fully saturated rings. The molecular weight excluding hydrogens is 302 g/mol. The van der Waals surface area contributed by atoms with Crippen molar-refractivity contribution in [2.45, 2.75) is 19.3 Å². The van der Waals surface area contributed by atoms with Crippen LogP contribution in [0.1, 0.15) is 29.6 Å². The fraction of sp³-hybridized carbons (Fsp3) is 0.263. The van der Waals surface area contributed by atoms with E-state index < -0.39 is 0 Å². The van der Waals surface area contributed by atoms with Crippen LogP contribution in [0.2, 0.25) is 0 Å². The predicted molar refractivity (Wildman–Crippen MR) is 91.4 cm³/mol. The molecule has 1 amide bonds. The SMILES string of the molecule is NC(=O)C1=C[N+]2=C(C1)C1=C(CC2)C(CC(=O)c2ccccc2)=NC1. The molecular formula is C19H18N3O2+. The summed E-state index contributed by atoms with van der Waals surface area (Å²) in [7, 11) is 0. The molecule has 0 spiro atoms. The fourth-order valence-corrected chi connectivity index (χ4v) is 3.60. The van der Waals surface area contributed by atoms with Gasteiger partial charge in [0.25, 0.3) is 5.91 Å². The summed E-state index contributed by atoms with van der Waals surface area (Å²) in [4.78, 5) is 28.5. The summed E-state index contributed by atoms with van der Waals surface area (Å²) in [5.41, 5.74) is 11.2. The molecule has 3 aliphatic rings. The zero-order valence-electron chi connectivity index (χ0n) is 13.3. The average Bonchev–Trinajstić information content (AvgIpc) is 3.19. The van der Waals surface area contributed by atoms with Crippen molar-refractivity contribution in [3.05, 3.63) is 58.8 Å². The van der Waals surface area contributed by atoms with Crippen molar-refractivity contribution < 1.29 is 14.2 Å². The van der Waals surface area contributed by atoms with E-state index in [2.05, 4.69) is 9.57 Å². The van der Waals surface area contributed by atoms with Crippen LogP contribution in [0.4, 0.5) is 0 Å². The van der Waals surface area contributed by atoms with Gasteiger partial charge in [0.15, 0.2) is 24.2 Å². The zero-order valence-corrected chi connectivity index (χ0v) is 13.3. The smallest absolute Gasteiger partial charge is 0.251 e. The largest absolute Gasteiger partial charge is 0.366 e. The monoisotopic (exact) mass is 320 g/mol. The molecule has 0 bridgehead atoms. The predicted octanol–water partition coefficient (Wildman–Crippen LogP) is 1.64. The number of hydrogen-bond acceptors (Lipinski definition) is 3. The molecule has 5 heteroatoms. The van der Waals surface area contributed by atoms with Gasteiger partial charge in [-0.1, -0.05) is 30.3 Å². The van der Waals surface area contributed by atoms with Crippen LogP contribution >= 0.6 is 0 Å². The molecule has 3 aliphatic heterocycles. The Kier molecular flexibility index (Phi) is 3.49. The number of carbonyl (C=O) groups is 2. The van der Waals surface area contributed by atoms with Crippen molar-refractivity contribution in [2.24, 2.45) is 10.7 Å². The Balaban J connectivity index is 1.55. The van der Waals surface area contributed by atoms with Gasteiger partial charge >= 0.3 is 0 Å². The highest BCUT2D eigenvalue weighted by Gasteiger charge is 2.37. The summed E-state index contributed by atoms with van der Waals surface area (Å²) in [6, 6.07) is 9.33. The first kappa shape index (κ1) is 14.8. The van der Waals surface area contributed by atoms with Gasteiger partial charge in [-0.05, 0) is 5.57 Å². The minimum absolute atomic E-state index is 0.0953. The number of benzene rings is 1. The molecule has 0 saturated heterocycles. The maximum Gasteiger partial charge on any atom is 0.251 e. The quantitative estimate of drug-likeness (QED) is 0.676. The Morgan fingerprint density at radius 1 is 1.17 bits per heavy atom. The lowest BCUT2D eigenvalue weighted by Gasteiger charge is -2.13. The van der Waals surface area contributed by atoms with Crippen LogP contribution in [0.15, 0.2) is 58.2 Å². The Labute approximate surface area is 139 Å². The lowest BCUT2D eigenvalue weighted by atomic mass is 9.92. The standard InChI is InChI=1S/C19H17N3O2/c20-19(24)13-8-17-15-10-21-16(14(15)6-7-22(17)11-13)9-18(23)12-4-2-1-3-5-12/h1-5,11H,6-10H2,(H-,20,24)/p+1. The van der Waals surface area contributed by atoms with Gasteiger partial charge in [0.05, 0.1) is 25.0 Å². The van der Waals surface area contributed by atoms with E-state index in [-0.39, 0.29) is 11.7 Å². The number of fused-ring (bicyclic) bond motifs is 1. The van der Waals surface area contributed by atoms with Gasteiger partial charge in [0.1, 0.15) is 0 Å². The van der Waals surface area contributed by atoms with Gasteiger partial charge < -0.3 is 5.73 Å². The van der Waals surface area contributed by atoms with Crippen molar-refractivity contribution in [1.29, 1.82) is 0 Å². The minimum Gasteiger partial charge on any atom is -0.366 e. The fourth-order valence-electron chi connectivity index (χ4n) is 3.60. The third kappa shape index (κ3) is 2.42. The van der Waals surface area contributed by atoms with Gasteiger partial charge in [-0.15, -0.1) is 0 Å². The molecule has 5 nitrogen and oxygen atoms in total. The molecule has 0 saturated carbocycles. The molecule has 3 heterocycles. The van der Waals surface area contributed by atoms with Gasteiger partial charge in [-0.3, -0.25) is 14.6 Å². The first-order chi connectivity index (χ1) is 11.6. The molecule has 0 aliphatic carbocycles. The maximum atomic E-state index is 12.5. The molecule has 0 unspecified atom stereocenters. The number of primary amides is 1. The highest BCUT2D eigenvalue weighted by atomic mass is 16.1. The molecule has 0 atom stereocenters. The highest BCUT2D eigenvalue weighted by Crippen LogP contribution is 2.30. The summed E-state index contributed by atoms with van der Waals surface area (Å²) in [6.45, 7) is 1.40. The second-order valence-corrected chi connectivity index (χ2v) is 6.27. The summed E-state index contributed by atoms with van der Waals surface area (Å²) in [6.07, 6.45) is 3.62. The molecule has 2 N–H and O–H groups in total. The van der Waals surface area contributed by atoms with Crippen molar-refractivity contribution in [3.63, 3.8) is 0 Å². The van der Waals surface area contributed by atoms with Gasteiger partial charge in [-0.2, -0.15) is 0 Å². The number of amides is 1.